The minimum Gasteiger partial charge on any atom is -0.495 e. The van der Waals surface area contributed by atoms with Crippen molar-refractivity contribution < 1.29 is 9.53 Å². The Balaban J connectivity index is 1.81. The number of amides is 1. The van der Waals surface area contributed by atoms with Gasteiger partial charge in [0, 0.05) is 4.48 Å². The van der Waals surface area contributed by atoms with Crippen LogP contribution >= 0.6 is 15.9 Å². The number of carbonyl (C=O) groups excluding carboxylic acids is 1. The number of nitrogens with one attached hydrogen (secondary N) is 2. The highest BCUT2D eigenvalue weighted by molar-refractivity contribution is 9.12. The van der Waals surface area contributed by atoms with Crippen LogP contribution in [0.4, 0.5) is 5.69 Å². The first-order valence-corrected chi connectivity index (χ1v) is 8.09. The first-order valence-electron chi connectivity index (χ1n) is 7.30. The van der Waals surface area contributed by atoms with E-state index in [0.717, 1.165) is 15.7 Å². The zero-order valence-corrected chi connectivity index (χ0v) is 14.8. The minimum absolute atomic E-state index is 0.0950. The number of allylic oxidation sites excluding steroid dienone is 1. The van der Waals surface area contributed by atoms with Crippen molar-refractivity contribution in [3.63, 3.8) is 0 Å². The number of nitrogens with zero attached hydrogens (tertiary/aromatic N) is 1. The number of hydrogen-bond donors (Lipinski definition) is 2. The van der Waals surface area contributed by atoms with Crippen molar-refractivity contribution in [1.29, 1.82) is 0 Å². The van der Waals surface area contributed by atoms with Crippen LogP contribution in [0.3, 0.4) is 0 Å². The van der Waals surface area contributed by atoms with Crippen LogP contribution in [0.15, 0.2) is 64.2 Å². The van der Waals surface area contributed by atoms with Gasteiger partial charge in [-0.3, -0.25) is 4.79 Å². The van der Waals surface area contributed by atoms with Crippen LogP contribution in [0.5, 0.6) is 5.75 Å². The molecule has 0 unspecified atom stereocenters. The molecular weight excluding hydrogens is 370 g/mol. The number of halogens is 1. The van der Waals surface area contributed by atoms with Gasteiger partial charge >= 0.3 is 0 Å². The van der Waals surface area contributed by atoms with E-state index in [1.165, 1.54) is 6.21 Å². The number of anilines is 1. The lowest BCUT2D eigenvalue weighted by Crippen LogP contribution is -2.25. The Hall–Kier alpha value is -2.60. The second-order valence-electron chi connectivity index (χ2n) is 4.79. The predicted molar refractivity (Wildman–Crippen MR) is 101 cm³/mol. The van der Waals surface area contributed by atoms with E-state index in [-0.39, 0.29) is 12.5 Å². The molecule has 6 heteroatoms. The molecule has 0 radical (unpaired) electrons. The fraction of sp³-hybridized carbons (Fsp3) is 0.111. The molecule has 2 aromatic rings. The van der Waals surface area contributed by atoms with E-state index in [0.29, 0.717) is 5.75 Å². The molecule has 1 amide bonds. The van der Waals surface area contributed by atoms with E-state index < -0.39 is 0 Å². The fourth-order valence-electron chi connectivity index (χ4n) is 1.92. The number of para-hydroxylation sites is 2. The van der Waals surface area contributed by atoms with Gasteiger partial charge in [0.15, 0.2) is 0 Å². The maximum atomic E-state index is 11.8. The summed E-state index contributed by atoms with van der Waals surface area (Å²) in [6, 6.07) is 17.2. The van der Waals surface area contributed by atoms with Crippen molar-refractivity contribution in [3.8, 4) is 5.75 Å². The van der Waals surface area contributed by atoms with Gasteiger partial charge in [-0.2, -0.15) is 5.10 Å². The van der Waals surface area contributed by atoms with Gasteiger partial charge in [0.2, 0.25) is 0 Å². The number of carbonyl (C=O) groups is 1. The SMILES string of the molecule is COc1ccccc1NCC(=O)N/N=C/C(Br)=C/c1ccccc1. The van der Waals surface area contributed by atoms with Gasteiger partial charge in [-0.1, -0.05) is 42.5 Å². The molecule has 0 aliphatic rings. The van der Waals surface area contributed by atoms with E-state index in [2.05, 4.69) is 31.8 Å². The second-order valence-corrected chi connectivity index (χ2v) is 5.70. The predicted octanol–water partition coefficient (Wildman–Crippen LogP) is 3.65. The molecule has 5 nitrogen and oxygen atoms in total. The molecule has 124 valence electrons. The van der Waals surface area contributed by atoms with Crippen LogP contribution in [0.25, 0.3) is 6.08 Å². The van der Waals surface area contributed by atoms with Gasteiger partial charge in [0.1, 0.15) is 5.75 Å². The number of hydrogen-bond acceptors (Lipinski definition) is 4. The van der Waals surface area contributed by atoms with Crippen molar-refractivity contribution in [1.82, 2.24) is 5.43 Å². The number of rotatable bonds is 7. The van der Waals surface area contributed by atoms with E-state index in [1.54, 1.807) is 7.11 Å². The summed E-state index contributed by atoms with van der Waals surface area (Å²) in [6.45, 7) is 0.0950. The Morgan fingerprint density at radius 2 is 1.88 bits per heavy atom. The standard InChI is InChI=1S/C18H18BrN3O2/c1-24-17-10-6-5-9-16(17)20-13-18(23)22-21-12-15(19)11-14-7-3-2-4-8-14/h2-12,20H,13H2,1H3,(H,22,23)/b15-11-,21-12+. The van der Waals surface area contributed by atoms with Gasteiger partial charge in [0.25, 0.3) is 5.91 Å². The van der Waals surface area contributed by atoms with E-state index >= 15 is 0 Å². The average molecular weight is 388 g/mol. The zero-order valence-electron chi connectivity index (χ0n) is 13.2. The quantitative estimate of drug-likeness (QED) is 0.562. The maximum absolute atomic E-state index is 11.8. The van der Waals surface area contributed by atoms with Gasteiger partial charge in [-0.05, 0) is 39.7 Å². The summed E-state index contributed by atoms with van der Waals surface area (Å²) in [5, 5.41) is 6.92. The lowest BCUT2D eigenvalue weighted by Gasteiger charge is -2.09. The number of benzene rings is 2. The smallest absolute Gasteiger partial charge is 0.259 e. The largest absolute Gasteiger partial charge is 0.495 e. The first kappa shape index (κ1) is 17.7. The zero-order chi connectivity index (χ0) is 17.2. The van der Waals surface area contributed by atoms with Crippen molar-refractivity contribution in [2.75, 3.05) is 19.0 Å². The molecule has 2 N–H and O–H groups in total. The van der Waals surface area contributed by atoms with Crippen LogP contribution in [0.1, 0.15) is 5.56 Å². The summed E-state index contributed by atoms with van der Waals surface area (Å²) >= 11 is 3.39. The monoisotopic (exact) mass is 387 g/mol. The average Bonchev–Trinajstić information content (AvgIpc) is 2.61. The molecule has 0 saturated heterocycles. The van der Waals surface area contributed by atoms with Gasteiger partial charge in [0.05, 0.1) is 25.6 Å². The summed E-state index contributed by atoms with van der Waals surface area (Å²) in [6.07, 6.45) is 3.44. The Labute approximate surface area is 149 Å². The topological polar surface area (TPSA) is 62.7 Å². The molecule has 0 heterocycles. The van der Waals surface area contributed by atoms with E-state index in [4.69, 9.17) is 4.74 Å². The number of hydrazone groups is 1. The van der Waals surface area contributed by atoms with Gasteiger partial charge in [-0.25, -0.2) is 5.43 Å². The molecule has 0 atom stereocenters. The lowest BCUT2D eigenvalue weighted by atomic mass is 10.2. The minimum atomic E-state index is -0.253. The number of ether oxygens (including phenoxy) is 1. The molecule has 0 fully saturated rings. The molecule has 0 aromatic heterocycles. The summed E-state index contributed by atoms with van der Waals surface area (Å²) in [7, 11) is 1.58. The number of methoxy groups -OCH3 is 1. The molecular formula is C18H18BrN3O2. The lowest BCUT2D eigenvalue weighted by molar-refractivity contribution is -0.119. The fourth-order valence-corrected chi connectivity index (χ4v) is 2.28. The first-order chi connectivity index (χ1) is 11.7. The normalized spacial score (nSPS) is 11.3. The third-order valence-electron chi connectivity index (χ3n) is 3.03. The van der Waals surface area contributed by atoms with Crippen LogP contribution in [-0.2, 0) is 4.79 Å². The Morgan fingerprint density at radius 3 is 2.62 bits per heavy atom. The summed E-state index contributed by atoms with van der Waals surface area (Å²) in [5.41, 5.74) is 4.26. The third-order valence-corrected chi connectivity index (χ3v) is 3.46. The third kappa shape index (κ3) is 5.89. The molecule has 0 bridgehead atoms. The highest BCUT2D eigenvalue weighted by Crippen LogP contribution is 2.22. The summed E-state index contributed by atoms with van der Waals surface area (Å²) in [4.78, 5) is 11.8. The van der Waals surface area contributed by atoms with Crippen molar-refractivity contribution in [2.45, 2.75) is 0 Å². The molecule has 0 aliphatic heterocycles. The van der Waals surface area contributed by atoms with Crippen molar-refractivity contribution in [2.24, 2.45) is 5.10 Å². The molecule has 0 aliphatic carbocycles. The molecule has 2 rings (SSSR count). The second kappa shape index (κ2) is 9.52. The van der Waals surface area contributed by atoms with Crippen LogP contribution in [-0.4, -0.2) is 25.8 Å². The Morgan fingerprint density at radius 1 is 1.17 bits per heavy atom. The van der Waals surface area contributed by atoms with E-state index in [9.17, 15) is 4.79 Å². The highest BCUT2D eigenvalue weighted by Gasteiger charge is 2.03. The van der Waals surface area contributed by atoms with Crippen molar-refractivity contribution >= 4 is 39.8 Å². The van der Waals surface area contributed by atoms with Gasteiger partial charge < -0.3 is 10.1 Å². The van der Waals surface area contributed by atoms with Crippen LogP contribution in [0, 0.1) is 0 Å². The van der Waals surface area contributed by atoms with Crippen LogP contribution < -0.4 is 15.5 Å². The molecule has 0 spiro atoms. The Bertz CT molecular complexity index is 730. The van der Waals surface area contributed by atoms with Gasteiger partial charge in [-0.15, -0.1) is 0 Å². The molecule has 2 aromatic carbocycles. The maximum Gasteiger partial charge on any atom is 0.259 e. The van der Waals surface area contributed by atoms with Crippen LogP contribution in [0.2, 0.25) is 0 Å². The van der Waals surface area contributed by atoms with E-state index in [1.807, 2.05) is 60.7 Å². The summed E-state index contributed by atoms with van der Waals surface area (Å²) in [5.74, 6) is 0.430. The molecule has 0 saturated carbocycles. The summed E-state index contributed by atoms with van der Waals surface area (Å²) < 4.78 is 5.97. The molecule has 24 heavy (non-hydrogen) atoms. The Kier molecular flexibility index (Phi) is 7.04. The van der Waals surface area contributed by atoms with Crippen molar-refractivity contribution in [3.05, 3.63) is 64.6 Å². The highest BCUT2D eigenvalue weighted by atomic mass is 79.9.